The van der Waals surface area contributed by atoms with Crippen molar-refractivity contribution in [3.05, 3.63) is 10.6 Å². The highest BCUT2D eigenvalue weighted by atomic mass is 32.1. The number of hydrogen-bond donors (Lipinski definition) is 2. The Hall–Kier alpha value is -1.14. The molecule has 0 aromatic carbocycles. The number of aliphatic hydroxyl groups is 1. The fraction of sp³-hybridized carbons (Fsp3) is 0.714. The molecule has 6 heteroatoms. The van der Waals surface area contributed by atoms with Crippen molar-refractivity contribution >= 4 is 22.6 Å². The number of nitrogens with zero attached hydrogens (tertiary/aromatic N) is 1. The number of nitrogens with one attached hydrogen (secondary N) is 1. The first kappa shape index (κ1) is 15.3. The Morgan fingerprint density at radius 3 is 2.70 bits per heavy atom. The Bertz CT molecular complexity index is 501. The lowest BCUT2D eigenvalue weighted by molar-refractivity contribution is 0.0636. The number of aromatic nitrogens is 1. The molecule has 1 saturated carbocycles. The van der Waals surface area contributed by atoms with E-state index in [1.807, 2.05) is 27.7 Å². The van der Waals surface area contributed by atoms with Crippen molar-refractivity contribution in [2.75, 3.05) is 5.32 Å². The Labute approximate surface area is 123 Å². The van der Waals surface area contributed by atoms with Gasteiger partial charge in [-0.15, -0.1) is 11.3 Å². The van der Waals surface area contributed by atoms with Gasteiger partial charge in [-0.1, -0.05) is 0 Å². The average molecular weight is 298 g/mol. The fourth-order valence-electron chi connectivity index (χ4n) is 1.84. The number of anilines is 1. The highest BCUT2D eigenvalue weighted by molar-refractivity contribution is 7.15. The molecule has 0 spiro atoms. The van der Waals surface area contributed by atoms with Crippen LogP contribution in [0.3, 0.4) is 0 Å². The van der Waals surface area contributed by atoms with Gasteiger partial charge in [0.25, 0.3) is 0 Å². The molecule has 0 atom stereocenters. The number of ether oxygens (including phenoxy) is 1. The number of carbonyl (C=O) groups excluding carboxylic acids is 1. The third-order valence-corrected chi connectivity index (χ3v) is 4.28. The van der Waals surface area contributed by atoms with Crippen LogP contribution in [0.25, 0.3) is 0 Å². The smallest absolute Gasteiger partial charge is 0.413 e. The highest BCUT2D eigenvalue weighted by Gasteiger charge is 2.39. The summed E-state index contributed by atoms with van der Waals surface area (Å²) in [4.78, 5) is 17.1. The van der Waals surface area contributed by atoms with Gasteiger partial charge < -0.3 is 9.84 Å². The van der Waals surface area contributed by atoms with E-state index >= 15 is 0 Å². The van der Waals surface area contributed by atoms with E-state index in [-0.39, 0.29) is 0 Å². The number of rotatable bonds is 4. The second-order valence-corrected chi connectivity index (χ2v) is 7.46. The van der Waals surface area contributed by atoms with Crippen molar-refractivity contribution in [2.24, 2.45) is 0 Å². The van der Waals surface area contributed by atoms with Gasteiger partial charge in [-0.2, -0.15) is 0 Å². The second kappa shape index (κ2) is 5.33. The van der Waals surface area contributed by atoms with Crippen LogP contribution in [0.5, 0.6) is 0 Å². The summed E-state index contributed by atoms with van der Waals surface area (Å²) < 4.78 is 5.19. The third-order valence-electron chi connectivity index (χ3n) is 3.15. The molecule has 1 aliphatic rings. The zero-order valence-electron chi connectivity index (χ0n) is 12.4. The number of hydrogen-bond acceptors (Lipinski definition) is 5. The van der Waals surface area contributed by atoms with Crippen LogP contribution in [0.4, 0.5) is 9.93 Å². The molecule has 1 heterocycles. The van der Waals surface area contributed by atoms with Crippen molar-refractivity contribution < 1.29 is 14.6 Å². The first-order valence-electron chi connectivity index (χ1n) is 6.86. The van der Waals surface area contributed by atoms with Crippen LogP contribution in [-0.2, 0) is 11.2 Å². The van der Waals surface area contributed by atoms with Crippen LogP contribution in [-0.4, -0.2) is 27.4 Å². The van der Waals surface area contributed by atoms with Gasteiger partial charge in [-0.25, -0.2) is 9.78 Å². The summed E-state index contributed by atoms with van der Waals surface area (Å²) >= 11 is 1.45. The molecule has 0 bridgehead atoms. The molecule has 0 radical (unpaired) electrons. The van der Waals surface area contributed by atoms with Gasteiger partial charge in [-0.3, -0.25) is 5.32 Å². The fourth-order valence-corrected chi connectivity index (χ4v) is 2.79. The van der Waals surface area contributed by atoms with Crippen LogP contribution < -0.4 is 5.32 Å². The molecule has 1 aromatic heterocycles. The maximum Gasteiger partial charge on any atom is 0.413 e. The Morgan fingerprint density at radius 1 is 1.50 bits per heavy atom. The summed E-state index contributed by atoms with van der Waals surface area (Å²) in [7, 11) is 0. The van der Waals surface area contributed by atoms with E-state index in [9.17, 15) is 9.90 Å². The molecule has 1 amide bonds. The van der Waals surface area contributed by atoms with E-state index in [4.69, 9.17) is 4.74 Å². The minimum atomic E-state index is -0.519. The van der Waals surface area contributed by atoms with Crippen LogP contribution >= 0.6 is 11.3 Å². The van der Waals surface area contributed by atoms with Gasteiger partial charge >= 0.3 is 6.09 Å². The molecule has 2 rings (SSSR count). The van der Waals surface area contributed by atoms with Crippen LogP contribution in [0.1, 0.15) is 50.6 Å². The van der Waals surface area contributed by atoms with Crippen molar-refractivity contribution in [2.45, 2.75) is 64.6 Å². The van der Waals surface area contributed by atoms with Crippen molar-refractivity contribution in [1.82, 2.24) is 4.98 Å². The molecule has 20 heavy (non-hydrogen) atoms. The van der Waals surface area contributed by atoms with E-state index in [0.29, 0.717) is 5.13 Å². The SMILES string of the molecule is Cc1nc(NC(=O)OC(C)(C)C)sc1CCC1(O)CC1. The minimum absolute atomic E-state index is 0.449. The van der Waals surface area contributed by atoms with E-state index in [1.54, 1.807) is 0 Å². The number of carbonyl (C=O) groups is 1. The lowest BCUT2D eigenvalue weighted by Gasteiger charge is -2.18. The Kier molecular flexibility index (Phi) is 4.07. The van der Waals surface area contributed by atoms with E-state index < -0.39 is 17.3 Å². The Morgan fingerprint density at radius 2 is 2.15 bits per heavy atom. The highest BCUT2D eigenvalue weighted by Crippen LogP contribution is 2.40. The number of thiazole rings is 1. The monoisotopic (exact) mass is 298 g/mol. The molecule has 1 aliphatic carbocycles. The van der Waals surface area contributed by atoms with Crippen molar-refractivity contribution in [3.8, 4) is 0 Å². The quantitative estimate of drug-likeness (QED) is 0.895. The van der Waals surface area contributed by atoms with Gasteiger partial charge in [0.15, 0.2) is 5.13 Å². The molecule has 5 nitrogen and oxygen atoms in total. The largest absolute Gasteiger partial charge is 0.444 e. The zero-order valence-corrected chi connectivity index (χ0v) is 13.3. The second-order valence-electron chi connectivity index (χ2n) is 6.38. The van der Waals surface area contributed by atoms with Gasteiger partial charge in [-0.05, 0) is 53.4 Å². The third kappa shape index (κ3) is 4.45. The summed E-state index contributed by atoms with van der Waals surface area (Å²) in [5.41, 5.74) is -0.0609. The van der Waals surface area contributed by atoms with E-state index in [2.05, 4.69) is 10.3 Å². The maximum absolute atomic E-state index is 11.7. The molecular weight excluding hydrogens is 276 g/mol. The number of amides is 1. The summed E-state index contributed by atoms with van der Waals surface area (Å²) in [6.45, 7) is 7.38. The lowest BCUT2D eigenvalue weighted by atomic mass is 10.1. The van der Waals surface area contributed by atoms with Crippen LogP contribution in [0.15, 0.2) is 0 Å². The maximum atomic E-state index is 11.7. The van der Waals surface area contributed by atoms with Gasteiger partial charge in [0.2, 0.25) is 0 Å². The minimum Gasteiger partial charge on any atom is -0.444 e. The molecule has 2 N–H and O–H groups in total. The summed E-state index contributed by atoms with van der Waals surface area (Å²) in [6.07, 6.45) is 2.87. The average Bonchev–Trinajstić information content (AvgIpc) is 2.89. The summed E-state index contributed by atoms with van der Waals surface area (Å²) in [6, 6.07) is 0. The van der Waals surface area contributed by atoms with Crippen molar-refractivity contribution in [3.63, 3.8) is 0 Å². The normalized spacial score (nSPS) is 16.9. The molecular formula is C14H22N2O3S. The summed E-state index contributed by atoms with van der Waals surface area (Å²) in [5, 5.41) is 13.1. The molecule has 112 valence electrons. The van der Waals surface area contributed by atoms with Crippen molar-refractivity contribution in [1.29, 1.82) is 0 Å². The van der Waals surface area contributed by atoms with Gasteiger partial charge in [0.05, 0.1) is 11.3 Å². The van der Waals surface area contributed by atoms with E-state index in [0.717, 1.165) is 36.3 Å². The Balaban J connectivity index is 1.91. The standard InChI is InChI=1S/C14H22N2O3S/c1-9-10(5-6-14(18)7-8-14)20-11(15-9)16-12(17)19-13(2,3)4/h18H,5-8H2,1-4H3,(H,15,16,17). The molecule has 0 saturated heterocycles. The predicted molar refractivity (Wildman–Crippen MR) is 79.2 cm³/mol. The van der Waals surface area contributed by atoms with Gasteiger partial charge in [0, 0.05) is 4.88 Å². The molecule has 0 aliphatic heterocycles. The predicted octanol–water partition coefficient (Wildman–Crippen LogP) is 3.26. The summed E-state index contributed by atoms with van der Waals surface area (Å²) in [5.74, 6) is 0. The zero-order chi connectivity index (χ0) is 15.0. The van der Waals surface area contributed by atoms with Crippen LogP contribution in [0, 0.1) is 6.92 Å². The topological polar surface area (TPSA) is 71.5 Å². The first-order chi connectivity index (χ1) is 9.17. The van der Waals surface area contributed by atoms with Gasteiger partial charge in [0.1, 0.15) is 5.60 Å². The lowest BCUT2D eigenvalue weighted by Crippen LogP contribution is -2.27. The number of aryl methyl sites for hydroxylation is 2. The van der Waals surface area contributed by atoms with E-state index in [1.165, 1.54) is 11.3 Å². The molecule has 0 unspecified atom stereocenters. The first-order valence-corrected chi connectivity index (χ1v) is 7.67. The molecule has 1 fully saturated rings. The van der Waals surface area contributed by atoms with Crippen LogP contribution in [0.2, 0.25) is 0 Å². The molecule has 1 aromatic rings.